The molecule has 4 unspecified atom stereocenters. The summed E-state index contributed by atoms with van der Waals surface area (Å²) in [6.45, 7) is 3.38. The van der Waals surface area contributed by atoms with Crippen molar-refractivity contribution >= 4 is 23.2 Å². The van der Waals surface area contributed by atoms with Gasteiger partial charge in [0.25, 0.3) is 0 Å². The van der Waals surface area contributed by atoms with Crippen molar-refractivity contribution in [3.8, 4) is 0 Å². The summed E-state index contributed by atoms with van der Waals surface area (Å²) in [5.41, 5.74) is 0. The zero-order valence-electron chi connectivity index (χ0n) is 11.3. The molecule has 2 N–H and O–H groups in total. The van der Waals surface area contributed by atoms with E-state index in [-0.39, 0.29) is 22.8 Å². The fourth-order valence-corrected chi connectivity index (χ4v) is 3.95. The van der Waals surface area contributed by atoms with Gasteiger partial charge in [0, 0.05) is 13.2 Å². The van der Waals surface area contributed by atoms with E-state index in [2.05, 4.69) is 4.90 Å². The normalized spacial score (nSPS) is 38.5. The van der Waals surface area contributed by atoms with Crippen molar-refractivity contribution in [2.24, 2.45) is 11.8 Å². The summed E-state index contributed by atoms with van der Waals surface area (Å²) in [7, 11) is 0. The standard InChI is InChI=1S/C14H25Cl2NO2/c15-12-7-11(14(19)8-13(12)16)9-17-4-1-10(2-5-17)3-6-18/h10-14,18-19H,1-9H2. The third-order valence-electron chi connectivity index (χ3n) is 4.67. The maximum atomic E-state index is 10.1. The number of aliphatic hydroxyl groups is 2. The second-order valence-corrected chi connectivity index (χ2v) is 7.21. The monoisotopic (exact) mass is 309 g/mol. The van der Waals surface area contributed by atoms with E-state index in [0.29, 0.717) is 18.9 Å². The van der Waals surface area contributed by atoms with Crippen LogP contribution in [0.5, 0.6) is 0 Å². The summed E-state index contributed by atoms with van der Waals surface area (Å²) in [6.07, 6.45) is 4.36. The van der Waals surface area contributed by atoms with Crippen LogP contribution >= 0.6 is 23.2 Å². The van der Waals surface area contributed by atoms with Crippen LogP contribution in [0.25, 0.3) is 0 Å². The summed E-state index contributed by atoms with van der Waals surface area (Å²) in [5, 5.41) is 19.0. The molecule has 0 aromatic carbocycles. The Bertz CT molecular complexity index is 272. The molecule has 1 saturated heterocycles. The summed E-state index contributed by atoms with van der Waals surface area (Å²) in [5.74, 6) is 0.928. The van der Waals surface area contributed by atoms with Crippen molar-refractivity contribution in [1.82, 2.24) is 4.90 Å². The fraction of sp³-hybridized carbons (Fsp3) is 1.00. The quantitative estimate of drug-likeness (QED) is 0.781. The van der Waals surface area contributed by atoms with E-state index >= 15 is 0 Å². The lowest BCUT2D eigenvalue weighted by molar-refractivity contribution is 0.0395. The molecule has 112 valence electrons. The van der Waals surface area contributed by atoms with Crippen molar-refractivity contribution in [1.29, 1.82) is 0 Å². The second-order valence-electron chi connectivity index (χ2n) is 6.09. The average molecular weight is 310 g/mol. The molecule has 5 heteroatoms. The topological polar surface area (TPSA) is 43.7 Å². The van der Waals surface area contributed by atoms with Gasteiger partial charge in [0.1, 0.15) is 0 Å². The SMILES string of the molecule is OCCC1CCN(CC2CC(Cl)C(Cl)CC2O)CC1. The van der Waals surface area contributed by atoms with E-state index in [9.17, 15) is 5.11 Å². The molecule has 1 heterocycles. The van der Waals surface area contributed by atoms with Gasteiger partial charge in [0.05, 0.1) is 16.9 Å². The molecule has 0 aromatic rings. The van der Waals surface area contributed by atoms with Gasteiger partial charge >= 0.3 is 0 Å². The molecule has 1 aliphatic heterocycles. The van der Waals surface area contributed by atoms with E-state index in [0.717, 1.165) is 45.3 Å². The first-order valence-electron chi connectivity index (χ1n) is 7.39. The Morgan fingerprint density at radius 1 is 1.05 bits per heavy atom. The van der Waals surface area contributed by atoms with E-state index in [1.807, 2.05) is 0 Å². The Balaban J connectivity index is 1.76. The van der Waals surface area contributed by atoms with Gasteiger partial charge in [0.2, 0.25) is 0 Å². The fourth-order valence-electron chi connectivity index (χ4n) is 3.33. The van der Waals surface area contributed by atoms with Crippen molar-refractivity contribution < 1.29 is 10.2 Å². The predicted molar refractivity (Wildman–Crippen MR) is 78.9 cm³/mol. The molecule has 3 nitrogen and oxygen atoms in total. The first-order chi connectivity index (χ1) is 9.10. The minimum Gasteiger partial charge on any atom is -0.396 e. The number of likely N-dealkylation sites (tertiary alicyclic amines) is 1. The largest absolute Gasteiger partial charge is 0.396 e. The Kier molecular flexibility index (Phi) is 6.22. The smallest absolute Gasteiger partial charge is 0.0595 e. The molecule has 1 saturated carbocycles. The van der Waals surface area contributed by atoms with Crippen LogP contribution in [-0.2, 0) is 0 Å². The maximum absolute atomic E-state index is 10.1. The number of halogens is 2. The molecule has 2 fully saturated rings. The first-order valence-corrected chi connectivity index (χ1v) is 8.27. The summed E-state index contributed by atoms with van der Waals surface area (Å²) < 4.78 is 0. The molecule has 19 heavy (non-hydrogen) atoms. The molecule has 4 atom stereocenters. The molecule has 0 amide bonds. The van der Waals surface area contributed by atoms with Crippen molar-refractivity contribution in [2.45, 2.75) is 49.0 Å². The van der Waals surface area contributed by atoms with E-state index in [4.69, 9.17) is 28.3 Å². The Morgan fingerprint density at radius 3 is 2.32 bits per heavy atom. The van der Waals surface area contributed by atoms with Crippen molar-refractivity contribution in [2.75, 3.05) is 26.2 Å². The number of alkyl halides is 2. The molecule has 2 rings (SSSR count). The molecule has 1 aliphatic carbocycles. The highest BCUT2D eigenvalue weighted by atomic mass is 35.5. The van der Waals surface area contributed by atoms with Gasteiger partial charge in [-0.2, -0.15) is 0 Å². The lowest BCUT2D eigenvalue weighted by atomic mass is 9.84. The number of piperidine rings is 1. The molecule has 2 aliphatic rings. The third-order valence-corrected chi connectivity index (χ3v) is 5.76. The number of hydrogen-bond donors (Lipinski definition) is 2. The van der Waals surface area contributed by atoms with Crippen LogP contribution in [0.4, 0.5) is 0 Å². The number of rotatable bonds is 4. The Labute approximate surface area is 125 Å². The van der Waals surface area contributed by atoms with Crippen LogP contribution in [0, 0.1) is 11.8 Å². The van der Waals surface area contributed by atoms with Gasteiger partial charge in [-0.3, -0.25) is 0 Å². The van der Waals surface area contributed by atoms with E-state index in [1.165, 1.54) is 0 Å². The highest BCUT2D eigenvalue weighted by Gasteiger charge is 2.35. The summed E-state index contributed by atoms with van der Waals surface area (Å²) in [6, 6.07) is 0. The predicted octanol–water partition coefficient (Wildman–Crippen LogP) is 2.07. The lowest BCUT2D eigenvalue weighted by Crippen LogP contribution is -2.45. The van der Waals surface area contributed by atoms with Crippen LogP contribution in [0.2, 0.25) is 0 Å². The molecule has 0 spiro atoms. The van der Waals surface area contributed by atoms with Crippen molar-refractivity contribution in [3.63, 3.8) is 0 Å². The highest BCUT2D eigenvalue weighted by Crippen LogP contribution is 2.33. The summed E-state index contributed by atoms with van der Waals surface area (Å²) >= 11 is 12.3. The van der Waals surface area contributed by atoms with Gasteiger partial charge < -0.3 is 15.1 Å². The molecule has 0 bridgehead atoms. The van der Waals surface area contributed by atoms with Gasteiger partial charge in [-0.1, -0.05) is 0 Å². The lowest BCUT2D eigenvalue weighted by Gasteiger charge is -2.39. The average Bonchev–Trinajstić information content (AvgIpc) is 2.38. The number of nitrogens with zero attached hydrogens (tertiary/aromatic N) is 1. The van der Waals surface area contributed by atoms with Gasteiger partial charge in [-0.25, -0.2) is 0 Å². The zero-order valence-corrected chi connectivity index (χ0v) is 12.9. The number of hydrogen-bond acceptors (Lipinski definition) is 3. The van der Waals surface area contributed by atoms with Gasteiger partial charge in [0.15, 0.2) is 0 Å². The molecule has 0 aromatic heterocycles. The van der Waals surface area contributed by atoms with E-state index < -0.39 is 0 Å². The van der Waals surface area contributed by atoms with Crippen LogP contribution in [0.15, 0.2) is 0 Å². The van der Waals surface area contributed by atoms with Crippen LogP contribution < -0.4 is 0 Å². The Hall–Kier alpha value is 0.460. The van der Waals surface area contributed by atoms with Crippen LogP contribution in [-0.4, -0.2) is 58.2 Å². The number of aliphatic hydroxyl groups excluding tert-OH is 2. The van der Waals surface area contributed by atoms with Gasteiger partial charge in [-0.05, 0) is 57.0 Å². The Morgan fingerprint density at radius 2 is 1.68 bits per heavy atom. The first kappa shape index (κ1) is 15.8. The molecule has 0 radical (unpaired) electrons. The molecular weight excluding hydrogens is 285 g/mol. The highest BCUT2D eigenvalue weighted by molar-refractivity contribution is 6.30. The second kappa shape index (κ2) is 7.46. The minimum atomic E-state index is -0.312. The van der Waals surface area contributed by atoms with Crippen LogP contribution in [0.3, 0.4) is 0 Å². The molecular formula is C14H25Cl2NO2. The van der Waals surface area contributed by atoms with Crippen molar-refractivity contribution in [3.05, 3.63) is 0 Å². The third kappa shape index (κ3) is 4.47. The summed E-state index contributed by atoms with van der Waals surface area (Å²) in [4.78, 5) is 2.43. The van der Waals surface area contributed by atoms with Crippen LogP contribution in [0.1, 0.15) is 32.1 Å². The zero-order chi connectivity index (χ0) is 13.8. The van der Waals surface area contributed by atoms with E-state index in [1.54, 1.807) is 0 Å². The minimum absolute atomic E-state index is 0.0120. The maximum Gasteiger partial charge on any atom is 0.0595 e. The van der Waals surface area contributed by atoms with Gasteiger partial charge in [-0.15, -0.1) is 23.2 Å².